The molecular formula is C25H21FN2O4S2. The number of anilines is 1. The Morgan fingerprint density at radius 3 is 2.29 bits per heavy atom. The van der Waals surface area contributed by atoms with Gasteiger partial charge in [-0.3, -0.25) is 4.79 Å². The van der Waals surface area contributed by atoms with Crippen LogP contribution in [-0.4, -0.2) is 25.1 Å². The minimum atomic E-state index is -4.12. The minimum absolute atomic E-state index is 0.0150. The second-order valence-electron chi connectivity index (χ2n) is 7.65. The highest BCUT2D eigenvalue weighted by Crippen LogP contribution is 2.35. The van der Waals surface area contributed by atoms with Crippen LogP contribution in [0, 0.1) is 19.7 Å². The van der Waals surface area contributed by atoms with Gasteiger partial charge in [-0.1, -0.05) is 36.0 Å². The van der Waals surface area contributed by atoms with Gasteiger partial charge < -0.3 is 9.73 Å². The highest BCUT2D eigenvalue weighted by molar-refractivity contribution is 8.00. The molecule has 0 saturated carbocycles. The van der Waals surface area contributed by atoms with Gasteiger partial charge in [-0.15, -0.1) is 0 Å². The number of halogens is 1. The zero-order valence-electron chi connectivity index (χ0n) is 18.4. The zero-order valence-corrected chi connectivity index (χ0v) is 20.0. The summed E-state index contributed by atoms with van der Waals surface area (Å²) >= 11 is 0.929. The van der Waals surface area contributed by atoms with Gasteiger partial charge in [-0.25, -0.2) is 12.8 Å². The number of aryl methyl sites for hydroxylation is 2. The maximum Gasteiger partial charge on any atom is 0.234 e. The summed E-state index contributed by atoms with van der Waals surface area (Å²) in [5.74, 6) is -0.861. The van der Waals surface area contributed by atoms with Crippen LogP contribution in [0.5, 0.6) is 0 Å². The maximum atomic E-state index is 13.3. The van der Waals surface area contributed by atoms with Gasteiger partial charge in [0, 0.05) is 11.3 Å². The van der Waals surface area contributed by atoms with E-state index in [0.717, 1.165) is 35.0 Å². The van der Waals surface area contributed by atoms with E-state index in [1.54, 1.807) is 24.3 Å². The molecule has 4 aromatic rings. The Morgan fingerprint density at radius 1 is 1.00 bits per heavy atom. The number of hydrogen-bond donors (Lipinski definition) is 1. The van der Waals surface area contributed by atoms with Crippen LogP contribution in [0.25, 0.3) is 11.5 Å². The molecule has 0 fully saturated rings. The number of sulfone groups is 1. The fourth-order valence-electron chi connectivity index (χ4n) is 3.36. The number of carbonyl (C=O) groups is 1. The molecule has 6 nitrogen and oxygen atoms in total. The average molecular weight is 497 g/mol. The summed E-state index contributed by atoms with van der Waals surface area (Å²) in [7, 11) is -4.12. The molecule has 0 unspecified atom stereocenters. The number of thioether (sulfide) groups is 1. The van der Waals surface area contributed by atoms with Gasteiger partial charge in [-0.05, 0) is 73.5 Å². The van der Waals surface area contributed by atoms with Crippen molar-refractivity contribution in [2.24, 2.45) is 0 Å². The van der Waals surface area contributed by atoms with E-state index in [1.165, 1.54) is 12.1 Å². The molecule has 9 heteroatoms. The molecule has 1 N–H and O–H groups in total. The van der Waals surface area contributed by atoms with E-state index in [1.807, 2.05) is 38.1 Å². The van der Waals surface area contributed by atoms with E-state index >= 15 is 0 Å². The lowest BCUT2D eigenvalue weighted by molar-refractivity contribution is -0.113. The number of oxazole rings is 1. The number of amides is 1. The molecular weight excluding hydrogens is 475 g/mol. The molecule has 34 heavy (non-hydrogen) atoms. The standard InChI is InChI=1S/C25H21FN2O4S2/c1-16-12-17(2)14-20(13-16)27-22(29)15-33-25-24(28-23(32-25)18-6-4-3-5-7-18)34(30,31)21-10-8-19(26)9-11-21/h3-14H,15H2,1-2H3,(H,27,29). The second-order valence-corrected chi connectivity index (χ2v) is 10.5. The number of nitrogens with zero attached hydrogens (tertiary/aromatic N) is 1. The quantitative estimate of drug-likeness (QED) is 0.262. The summed E-state index contributed by atoms with van der Waals surface area (Å²) in [6.45, 7) is 3.87. The fourth-order valence-corrected chi connectivity index (χ4v) is 5.69. The van der Waals surface area contributed by atoms with Crippen LogP contribution in [0.1, 0.15) is 11.1 Å². The van der Waals surface area contributed by atoms with Crippen molar-refractivity contribution in [1.82, 2.24) is 4.98 Å². The number of nitrogens with one attached hydrogen (secondary N) is 1. The van der Waals surface area contributed by atoms with Crippen molar-refractivity contribution in [1.29, 1.82) is 0 Å². The molecule has 1 aromatic heterocycles. The number of carbonyl (C=O) groups excluding carboxylic acids is 1. The third kappa shape index (κ3) is 5.37. The van der Waals surface area contributed by atoms with Crippen LogP contribution in [-0.2, 0) is 14.6 Å². The largest absolute Gasteiger partial charge is 0.428 e. The van der Waals surface area contributed by atoms with Crippen molar-refractivity contribution in [2.75, 3.05) is 11.1 Å². The Hall–Kier alpha value is -3.43. The lowest BCUT2D eigenvalue weighted by Gasteiger charge is -2.07. The van der Waals surface area contributed by atoms with Gasteiger partial charge in [0.2, 0.25) is 31.8 Å². The smallest absolute Gasteiger partial charge is 0.234 e. The van der Waals surface area contributed by atoms with E-state index < -0.39 is 15.7 Å². The fraction of sp³-hybridized carbons (Fsp3) is 0.120. The SMILES string of the molecule is Cc1cc(C)cc(NC(=O)CSc2oc(-c3ccccc3)nc2S(=O)(=O)c2ccc(F)cc2)c1. The Bertz CT molecular complexity index is 1410. The molecule has 4 rings (SSSR count). The van der Waals surface area contributed by atoms with Gasteiger partial charge in [0.25, 0.3) is 0 Å². The maximum absolute atomic E-state index is 13.3. The molecule has 3 aromatic carbocycles. The van der Waals surface area contributed by atoms with Crippen molar-refractivity contribution in [3.63, 3.8) is 0 Å². The summed E-state index contributed by atoms with van der Waals surface area (Å²) in [6, 6.07) is 19.0. The number of aromatic nitrogens is 1. The first-order valence-corrected chi connectivity index (χ1v) is 12.8. The van der Waals surface area contributed by atoms with Crippen LogP contribution in [0.2, 0.25) is 0 Å². The van der Waals surface area contributed by atoms with Crippen molar-refractivity contribution in [2.45, 2.75) is 28.9 Å². The van der Waals surface area contributed by atoms with Crippen molar-refractivity contribution >= 4 is 33.2 Å². The van der Waals surface area contributed by atoms with E-state index in [0.29, 0.717) is 11.3 Å². The van der Waals surface area contributed by atoms with E-state index in [-0.39, 0.29) is 32.6 Å². The molecule has 174 valence electrons. The Kier molecular flexibility index (Phi) is 6.85. The Balaban J connectivity index is 1.63. The van der Waals surface area contributed by atoms with Crippen molar-refractivity contribution in [3.05, 3.63) is 89.7 Å². The van der Waals surface area contributed by atoms with Crippen LogP contribution in [0.15, 0.2) is 92.2 Å². The van der Waals surface area contributed by atoms with Crippen LogP contribution < -0.4 is 5.32 Å². The molecule has 0 atom stereocenters. The molecule has 0 aliphatic heterocycles. The second kappa shape index (κ2) is 9.82. The minimum Gasteiger partial charge on any atom is -0.428 e. The Labute approximate surface area is 201 Å². The van der Waals surface area contributed by atoms with Crippen LogP contribution in [0.3, 0.4) is 0 Å². The molecule has 0 radical (unpaired) electrons. The molecule has 0 saturated heterocycles. The van der Waals surface area contributed by atoms with Gasteiger partial charge in [0.15, 0.2) is 0 Å². The summed E-state index contributed by atoms with van der Waals surface area (Å²) in [4.78, 5) is 16.7. The lowest BCUT2D eigenvalue weighted by atomic mass is 10.1. The molecule has 0 aliphatic rings. The number of hydrogen-bond acceptors (Lipinski definition) is 6. The lowest BCUT2D eigenvalue weighted by Crippen LogP contribution is -2.14. The first-order valence-electron chi connectivity index (χ1n) is 10.3. The summed E-state index contributed by atoms with van der Waals surface area (Å²) in [6.07, 6.45) is 0. The summed E-state index contributed by atoms with van der Waals surface area (Å²) < 4.78 is 45.7. The van der Waals surface area contributed by atoms with Gasteiger partial charge in [0.05, 0.1) is 10.6 Å². The van der Waals surface area contributed by atoms with Gasteiger partial charge in [-0.2, -0.15) is 4.98 Å². The third-order valence-corrected chi connectivity index (χ3v) is 7.56. The number of benzene rings is 3. The zero-order chi connectivity index (χ0) is 24.3. The predicted octanol–water partition coefficient (Wildman–Crippen LogP) is 5.66. The molecule has 1 heterocycles. The van der Waals surface area contributed by atoms with Gasteiger partial charge >= 0.3 is 0 Å². The number of rotatable bonds is 7. The average Bonchev–Trinajstić information content (AvgIpc) is 3.23. The van der Waals surface area contributed by atoms with Crippen molar-refractivity contribution in [3.8, 4) is 11.5 Å². The highest BCUT2D eigenvalue weighted by atomic mass is 32.2. The van der Waals surface area contributed by atoms with Gasteiger partial charge in [0.1, 0.15) is 5.82 Å². The molecule has 0 aliphatic carbocycles. The first kappa shape index (κ1) is 23.7. The van der Waals surface area contributed by atoms with E-state index in [4.69, 9.17) is 4.42 Å². The summed E-state index contributed by atoms with van der Waals surface area (Å²) in [5.41, 5.74) is 3.27. The first-order chi connectivity index (χ1) is 16.2. The molecule has 1 amide bonds. The normalized spacial score (nSPS) is 11.4. The molecule has 0 bridgehead atoms. The monoisotopic (exact) mass is 496 g/mol. The van der Waals surface area contributed by atoms with Crippen LogP contribution >= 0.6 is 11.8 Å². The topological polar surface area (TPSA) is 89.3 Å². The molecule has 0 spiro atoms. The Morgan fingerprint density at radius 2 is 1.65 bits per heavy atom. The predicted molar refractivity (Wildman–Crippen MR) is 129 cm³/mol. The van der Waals surface area contributed by atoms with Crippen molar-refractivity contribution < 1.29 is 22.0 Å². The third-order valence-electron chi connectivity index (χ3n) is 4.81. The van der Waals surface area contributed by atoms with Crippen LogP contribution in [0.4, 0.5) is 10.1 Å². The van der Waals surface area contributed by atoms with E-state index in [9.17, 15) is 17.6 Å². The highest BCUT2D eigenvalue weighted by Gasteiger charge is 2.29. The van der Waals surface area contributed by atoms with E-state index in [2.05, 4.69) is 10.3 Å². The summed E-state index contributed by atoms with van der Waals surface area (Å²) in [5, 5.41) is 2.48.